The molecule has 5 nitrogen and oxygen atoms in total. The van der Waals surface area contributed by atoms with Gasteiger partial charge in [-0.15, -0.1) is 0 Å². The Bertz CT molecular complexity index is 1270. The second-order valence-electron chi connectivity index (χ2n) is 7.36. The number of amides is 1. The summed E-state index contributed by atoms with van der Waals surface area (Å²) in [6.07, 6.45) is 3.51. The number of halogens is 1. The highest BCUT2D eigenvalue weighted by Crippen LogP contribution is 2.18. The number of carbonyl (C=O) groups is 1. The molecule has 2 heterocycles. The average Bonchev–Trinajstić information content (AvgIpc) is 3.10. The molecule has 0 spiro atoms. The first-order valence-electron chi connectivity index (χ1n) is 9.62. The van der Waals surface area contributed by atoms with E-state index in [0.29, 0.717) is 29.4 Å². The zero-order chi connectivity index (χ0) is 20.5. The number of pyridine rings is 1. The fraction of sp³-hybridized carbons (Fsp3) is 0.217. The van der Waals surface area contributed by atoms with E-state index in [2.05, 4.69) is 5.32 Å². The summed E-state index contributed by atoms with van der Waals surface area (Å²) in [6, 6.07) is 13.7. The first-order valence-corrected chi connectivity index (χ1v) is 9.62. The predicted octanol–water partition coefficient (Wildman–Crippen LogP) is 4.11. The van der Waals surface area contributed by atoms with Gasteiger partial charge in [-0.2, -0.15) is 0 Å². The van der Waals surface area contributed by atoms with Gasteiger partial charge in [0.15, 0.2) is 0 Å². The summed E-state index contributed by atoms with van der Waals surface area (Å²) in [5.74, 6) is -0.526. The Morgan fingerprint density at radius 2 is 1.86 bits per heavy atom. The van der Waals surface area contributed by atoms with Crippen LogP contribution in [0.5, 0.6) is 0 Å². The number of aromatic nitrogens is 2. The van der Waals surface area contributed by atoms with E-state index in [4.69, 9.17) is 0 Å². The van der Waals surface area contributed by atoms with E-state index in [1.54, 1.807) is 35.0 Å². The van der Waals surface area contributed by atoms with Crippen molar-refractivity contribution in [1.82, 2.24) is 14.5 Å². The van der Waals surface area contributed by atoms with Gasteiger partial charge in [0.2, 0.25) is 0 Å². The molecule has 4 rings (SSSR count). The summed E-state index contributed by atoms with van der Waals surface area (Å²) < 4.78 is 17.0. The minimum absolute atomic E-state index is 0.0557. The van der Waals surface area contributed by atoms with Gasteiger partial charge in [-0.05, 0) is 49.6 Å². The maximum absolute atomic E-state index is 13.5. The molecule has 1 amide bonds. The Morgan fingerprint density at radius 1 is 1.10 bits per heavy atom. The van der Waals surface area contributed by atoms with E-state index in [1.165, 1.54) is 12.1 Å². The van der Waals surface area contributed by atoms with Crippen molar-refractivity contribution in [3.63, 3.8) is 0 Å². The van der Waals surface area contributed by atoms with Gasteiger partial charge in [-0.3, -0.25) is 9.59 Å². The number of hydrogen-bond acceptors (Lipinski definition) is 2. The maximum Gasteiger partial charge on any atom is 0.258 e. The molecule has 0 saturated heterocycles. The van der Waals surface area contributed by atoms with Crippen LogP contribution in [0.1, 0.15) is 30.2 Å². The van der Waals surface area contributed by atoms with Gasteiger partial charge >= 0.3 is 0 Å². The quantitative estimate of drug-likeness (QED) is 0.557. The second kappa shape index (κ2) is 7.54. The second-order valence-corrected chi connectivity index (χ2v) is 7.36. The highest BCUT2D eigenvalue weighted by molar-refractivity contribution is 6.06. The largest absolute Gasteiger partial charge is 0.350 e. The fourth-order valence-corrected chi connectivity index (χ4v) is 3.61. The third-order valence-electron chi connectivity index (χ3n) is 5.13. The van der Waals surface area contributed by atoms with Crippen molar-refractivity contribution in [2.75, 3.05) is 6.54 Å². The highest BCUT2D eigenvalue weighted by Gasteiger charge is 2.15. The van der Waals surface area contributed by atoms with Crippen LogP contribution in [0.25, 0.3) is 21.7 Å². The number of carbonyl (C=O) groups excluding carboxylic acids is 1. The van der Waals surface area contributed by atoms with Crippen molar-refractivity contribution in [2.45, 2.75) is 26.4 Å². The van der Waals surface area contributed by atoms with Crippen LogP contribution >= 0.6 is 0 Å². The monoisotopic (exact) mass is 391 g/mol. The first kappa shape index (κ1) is 18.9. The molecular weight excluding hydrogens is 369 g/mol. The van der Waals surface area contributed by atoms with Crippen LogP contribution < -0.4 is 10.9 Å². The average molecular weight is 391 g/mol. The Labute approximate surface area is 167 Å². The lowest BCUT2D eigenvalue weighted by Crippen LogP contribution is -2.30. The molecule has 2 aromatic carbocycles. The molecule has 0 aliphatic rings. The van der Waals surface area contributed by atoms with Crippen molar-refractivity contribution in [2.24, 2.45) is 0 Å². The maximum atomic E-state index is 13.5. The van der Waals surface area contributed by atoms with E-state index < -0.39 is 0 Å². The summed E-state index contributed by atoms with van der Waals surface area (Å²) in [5.41, 5.74) is 1.16. The van der Waals surface area contributed by atoms with Gasteiger partial charge in [0.1, 0.15) is 5.82 Å². The van der Waals surface area contributed by atoms with Gasteiger partial charge in [0, 0.05) is 42.3 Å². The van der Waals surface area contributed by atoms with Gasteiger partial charge in [0.25, 0.3) is 11.5 Å². The summed E-state index contributed by atoms with van der Waals surface area (Å²) in [5, 5.41) is 5.04. The minimum atomic E-state index is -0.288. The number of rotatable bonds is 5. The van der Waals surface area contributed by atoms with Crippen LogP contribution in [0, 0.1) is 5.82 Å². The van der Waals surface area contributed by atoms with E-state index >= 15 is 0 Å². The SMILES string of the molecule is CC(C)n1cc(C(=O)NCCn2ccc3ccc(F)cc32)c2ccccc2c1=O. The third kappa shape index (κ3) is 3.53. The molecule has 4 aromatic rings. The van der Waals surface area contributed by atoms with Crippen molar-refractivity contribution in [3.8, 4) is 0 Å². The normalized spacial score (nSPS) is 11.4. The van der Waals surface area contributed by atoms with Crippen LogP contribution in [0.3, 0.4) is 0 Å². The third-order valence-corrected chi connectivity index (χ3v) is 5.13. The van der Waals surface area contributed by atoms with Gasteiger partial charge in [0.05, 0.1) is 11.1 Å². The Morgan fingerprint density at radius 3 is 2.62 bits per heavy atom. The van der Waals surface area contributed by atoms with Gasteiger partial charge in [-0.25, -0.2) is 4.39 Å². The minimum Gasteiger partial charge on any atom is -0.350 e. The van der Waals surface area contributed by atoms with E-state index in [9.17, 15) is 14.0 Å². The van der Waals surface area contributed by atoms with Gasteiger partial charge < -0.3 is 14.5 Å². The van der Waals surface area contributed by atoms with Crippen LogP contribution in [0.4, 0.5) is 4.39 Å². The zero-order valence-corrected chi connectivity index (χ0v) is 16.4. The summed E-state index contributed by atoms with van der Waals surface area (Å²) in [7, 11) is 0. The van der Waals surface area contributed by atoms with Crippen molar-refractivity contribution in [1.29, 1.82) is 0 Å². The molecule has 0 atom stereocenters. The standard InChI is InChI=1S/C23H22FN3O2/c1-15(2)27-14-20(18-5-3-4-6-19(18)23(27)29)22(28)25-10-12-26-11-9-16-7-8-17(24)13-21(16)26/h3-9,11,13-15H,10,12H2,1-2H3,(H,25,28). The van der Waals surface area contributed by atoms with Crippen LogP contribution in [0.15, 0.2) is 65.7 Å². The molecule has 0 fully saturated rings. The number of hydrogen-bond donors (Lipinski definition) is 1. The molecule has 2 aromatic heterocycles. The molecule has 148 valence electrons. The lowest BCUT2D eigenvalue weighted by molar-refractivity contribution is 0.0953. The summed E-state index contributed by atoms with van der Waals surface area (Å²) >= 11 is 0. The van der Waals surface area contributed by atoms with Crippen LogP contribution in [0.2, 0.25) is 0 Å². The number of fused-ring (bicyclic) bond motifs is 2. The Kier molecular flexibility index (Phi) is 4.92. The smallest absolute Gasteiger partial charge is 0.258 e. The van der Waals surface area contributed by atoms with Crippen LogP contribution in [-0.4, -0.2) is 21.6 Å². The zero-order valence-electron chi connectivity index (χ0n) is 16.4. The number of benzene rings is 2. The topological polar surface area (TPSA) is 56.0 Å². The van der Waals surface area contributed by atoms with E-state index in [1.807, 2.05) is 36.7 Å². The molecule has 0 saturated carbocycles. The highest BCUT2D eigenvalue weighted by atomic mass is 19.1. The number of nitrogens with one attached hydrogen (secondary N) is 1. The Hall–Kier alpha value is -3.41. The van der Waals surface area contributed by atoms with E-state index in [-0.39, 0.29) is 23.3 Å². The van der Waals surface area contributed by atoms with Gasteiger partial charge in [-0.1, -0.05) is 18.2 Å². The number of nitrogens with zero attached hydrogens (tertiary/aromatic N) is 2. The summed E-state index contributed by atoms with van der Waals surface area (Å²) in [4.78, 5) is 25.6. The molecule has 0 bridgehead atoms. The van der Waals surface area contributed by atoms with Crippen molar-refractivity contribution in [3.05, 3.63) is 82.7 Å². The predicted molar refractivity (Wildman–Crippen MR) is 113 cm³/mol. The van der Waals surface area contributed by atoms with Crippen molar-refractivity contribution < 1.29 is 9.18 Å². The van der Waals surface area contributed by atoms with E-state index in [0.717, 1.165) is 10.9 Å². The molecule has 0 unspecified atom stereocenters. The molecule has 29 heavy (non-hydrogen) atoms. The molecule has 0 aliphatic heterocycles. The van der Waals surface area contributed by atoms with Crippen LogP contribution in [-0.2, 0) is 6.54 Å². The summed E-state index contributed by atoms with van der Waals surface area (Å²) in [6.45, 7) is 4.72. The molecule has 1 N–H and O–H groups in total. The lowest BCUT2D eigenvalue weighted by atomic mass is 10.1. The molecular formula is C23H22FN3O2. The fourth-order valence-electron chi connectivity index (χ4n) is 3.61. The molecule has 0 radical (unpaired) electrons. The molecule has 0 aliphatic carbocycles. The molecule has 6 heteroatoms. The van der Waals surface area contributed by atoms with Crippen molar-refractivity contribution >= 4 is 27.6 Å². The lowest BCUT2D eigenvalue weighted by Gasteiger charge is -2.15. The first-order chi connectivity index (χ1) is 14.0. The Balaban J connectivity index is 1.58.